The molecule has 0 saturated carbocycles. The lowest BCUT2D eigenvalue weighted by Crippen LogP contribution is -2.31. The lowest BCUT2D eigenvalue weighted by molar-refractivity contribution is 0.507. The summed E-state index contributed by atoms with van der Waals surface area (Å²) in [5.41, 5.74) is 10.8. The Labute approximate surface area is 149 Å². The Bertz CT molecular complexity index is 850. The summed E-state index contributed by atoms with van der Waals surface area (Å²) in [5, 5.41) is 0. The zero-order valence-corrected chi connectivity index (χ0v) is 15.5. The smallest absolute Gasteiger partial charge is 0.241 e. The molecule has 0 saturated heterocycles. The zero-order valence-electron chi connectivity index (χ0n) is 13.9. The minimum absolute atomic E-state index is 0. The van der Waals surface area contributed by atoms with Crippen LogP contribution in [-0.4, -0.2) is 8.42 Å². The third-order valence-corrected chi connectivity index (χ3v) is 6.04. The molecule has 3 rings (SSSR count). The van der Waals surface area contributed by atoms with E-state index in [1.54, 1.807) is 12.1 Å². The fourth-order valence-electron chi connectivity index (χ4n) is 3.09. The van der Waals surface area contributed by atoms with E-state index in [1.807, 2.05) is 38.1 Å². The molecule has 0 spiro atoms. The van der Waals surface area contributed by atoms with Gasteiger partial charge in [-0.2, -0.15) is 0 Å². The van der Waals surface area contributed by atoms with Crippen molar-refractivity contribution in [3.8, 4) is 0 Å². The molecule has 1 aliphatic rings. The van der Waals surface area contributed by atoms with Crippen LogP contribution in [0, 0.1) is 13.8 Å². The van der Waals surface area contributed by atoms with Crippen molar-refractivity contribution in [2.45, 2.75) is 44.0 Å². The number of rotatable bonds is 3. The van der Waals surface area contributed by atoms with Gasteiger partial charge in [0.15, 0.2) is 0 Å². The lowest BCUT2D eigenvalue weighted by atomic mass is 9.88. The summed E-state index contributed by atoms with van der Waals surface area (Å²) in [5.74, 6) is 0. The quantitative estimate of drug-likeness (QED) is 0.814. The third-order valence-electron chi connectivity index (χ3n) is 4.57. The first-order valence-corrected chi connectivity index (χ1v) is 9.33. The molecule has 0 heterocycles. The number of halogens is 1. The van der Waals surface area contributed by atoms with Crippen LogP contribution in [0.15, 0.2) is 41.3 Å². The highest BCUT2D eigenvalue weighted by atomic mass is 35.5. The number of hydrogen-bond acceptors (Lipinski definition) is 3. The Balaban J connectivity index is 0.00000208. The number of aryl methyl sites for hydroxylation is 3. The normalized spacial score (nSPS) is 17.0. The summed E-state index contributed by atoms with van der Waals surface area (Å²) >= 11 is 0. The van der Waals surface area contributed by atoms with Crippen LogP contribution in [0.4, 0.5) is 5.69 Å². The summed E-state index contributed by atoms with van der Waals surface area (Å²) in [6, 6.07) is 10.8. The summed E-state index contributed by atoms with van der Waals surface area (Å²) in [6.07, 6.45) is 2.71. The standard InChI is InChI=1S/C18H22N2O2S.ClH/c1-12-6-8-16(10-13(12)2)23(21,22)20-18-5-3-4-14-11-15(19)7-9-17(14)18;/h6-11,18,20H,3-5,19H2,1-2H3;1H. The maximum absolute atomic E-state index is 12.7. The van der Waals surface area contributed by atoms with Crippen LogP contribution < -0.4 is 10.5 Å². The highest BCUT2D eigenvalue weighted by Gasteiger charge is 2.26. The topological polar surface area (TPSA) is 72.2 Å². The average molecular weight is 367 g/mol. The first-order chi connectivity index (χ1) is 10.9. The number of hydrogen-bond donors (Lipinski definition) is 2. The van der Waals surface area contributed by atoms with Crippen molar-refractivity contribution in [3.05, 3.63) is 58.7 Å². The predicted molar refractivity (Wildman–Crippen MR) is 100 cm³/mol. The van der Waals surface area contributed by atoms with Crippen LogP contribution in [0.3, 0.4) is 0 Å². The molecule has 1 unspecified atom stereocenters. The van der Waals surface area contributed by atoms with Gasteiger partial charge in [-0.1, -0.05) is 12.1 Å². The van der Waals surface area contributed by atoms with E-state index in [1.165, 1.54) is 0 Å². The van der Waals surface area contributed by atoms with E-state index < -0.39 is 10.0 Å². The van der Waals surface area contributed by atoms with Gasteiger partial charge in [-0.05, 0) is 79.6 Å². The molecule has 130 valence electrons. The minimum Gasteiger partial charge on any atom is -0.399 e. The van der Waals surface area contributed by atoms with E-state index in [9.17, 15) is 8.42 Å². The molecule has 0 radical (unpaired) electrons. The predicted octanol–water partition coefficient (Wildman–Crippen LogP) is 3.66. The Morgan fingerprint density at radius 3 is 2.54 bits per heavy atom. The van der Waals surface area contributed by atoms with Gasteiger partial charge in [0, 0.05) is 11.7 Å². The molecule has 0 amide bonds. The van der Waals surface area contributed by atoms with Crippen LogP contribution in [-0.2, 0) is 16.4 Å². The van der Waals surface area contributed by atoms with E-state index in [0.29, 0.717) is 4.90 Å². The maximum atomic E-state index is 12.7. The van der Waals surface area contributed by atoms with Gasteiger partial charge in [0.05, 0.1) is 4.90 Å². The summed E-state index contributed by atoms with van der Waals surface area (Å²) in [4.78, 5) is 0.322. The van der Waals surface area contributed by atoms with Crippen LogP contribution >= 0.6 is 12.4 Å². The van der Waals surface area contributed by atoms with Gasteiger partial charge in [0.1, 0.15) is 0 Å². The number of fused-ring (bicyclic) bond motifs is 1. The van der Waals surface area contributed by atoms with Gasteiger partial charge in [-0.15, -0.1) is 12.4 Å². The molecule has 6 heteroatoms. The number of sulfonamides is 1. The number of nitrogen functional groups attached to an aromatic ring is 1. The molecule has 24 heavy (non-hydrogen) atoms. The van der Waals surface area contributed by atoms with Gasteiger partial charge in [-0.3, -0.25) is 0 Å². The Morgan fingerprint density at radius 2 is 1.83 bits per heavy atom. The number of nitrogens with one attached hydrogen (secondary N) is 1. The molecule has 4 nitrogen and oxygen atoms in total. The molecule has 2 aromatic carbocycles. The molecule has 0 fully saturated rings. The minimum atomic E-state index is -3.53. The van der Waals surface area contributed by atoms with Gasteiger partial charge in [0.25, 0.3) is 0 Å². The number of anilines is 1. The first kappa shape index (κ1) is 18.8. The molecule has 0 bridgehead atoms. The molecular formula is C18H23ClN2O2S. The lowest BCUT2D eigenvalue weighted by Gasteiger charge is -2.26. The van der Waals surface area contributed by atoms with Crippen LogP contribution in [0.25, 0.3) is 0 Å². The van der Waals surface area contributed by atoms with Crippen LogP contribution in [0.2, 0.25) is 0 Å². The molecular weight excluding hydrogens is 344 g/mol. The fraction of sp³-hybridized carbons (Fsp3) is 0.333. The molecule has 0 aromatic heterocycles. The monoisotopic (exact) mass is 366 g/mol. The SMILES string of the molecule is Cc1ccc(S(=O)(=O)NC2CCCc3cc(N)ccc32)cc1C.Cl. The molecule has 1 atom stereocenters. The van der Waals surface area contributed by atoms with Crippen LogP contribution in [0.1, 0.15) is 41.1 Å². The van der Waals surface area contributed by atoms with Crippen molar-refractivity contribution in [3.63, 3.8) is 0 Å². The van der Waals surface area contributed by atoms with E-state index in [4.69, 9.17) is 5.73 Å². The van der Waals surface area contributed by atoms with Crippen molar-refractivity contribution >= 4 is 28.1 Å². The summed E-state index contributed by atoms with van der Waals surface area (Å²) in [6.45, 7) is 3.90. The summed E-state index contributed by atoms with van der Waals surface area (Å²) in [7, 11) is -3.53. The first-order valence-electron chi connectivity index (χ1n) is 7.85. The van der Waals surface area contributed by atoms with Gasteiger partial charge in [0.2, 0.25) is 10.0 Å². The van der Waals surface area contributed by atoms with E-state index in [-0.39, 0.29) is 18.4 Å². The average Bonchev–Trinajstić information content (AvgIpc) is 2.49. The van der Waals surface area contributed by atoms with Gasteiger partial charge < -0.3 is 5.73 Å². The van der Waals surface area contributed by atoms with Crippen molar-refractivity contribution in [2.75, 3.05) is 5.73 Å². The second kappa shape index (κ2) is 7.13. The molecule has 1 aliphatic carbocycles. The number of nitrogens with two attached hydrogens (primary N) is 1. The van der Waals surface area contributed by atoms with E-state index >= 15 is 0 Å². The van der Waals surface area contributed by atoms with Crippen LogP contribution in [0.5, 0.6) is 0 Å². The summed E-state index contributed by atoms with van der Waals surface area (Å²) < 4.78 is 28.3. The maximum Gasteiger partial charge on any atom is 0.241 e. The second-order valence-corrected chi connectivity index (χ2v) is 7.98. The van der Waals surface area contributed by atoms with Crippen molar-refractivity contribution < 1.29 is 8.42 Å². The Morgan fingerprint density at radius 1 is 1.08 bits per heavy atom. The van der Waals surface area contributed by atoms with E-state index in [2.05, 4.69) is 4.72 Å². The zero-order chi connectivity index (χ0) is 16.6. The largest absolute Gasteiger partial charge is 0.399 e. The van der Waals surface area contributed by atoms with Crippen molar-refractivity contribution in [1.82, 2.24) is 4.72 Å². The molecule has 0 aliphatic heterocycles. The number of benzene rings is 2. The van der Waals surface area contributed by atoms with Gasteiger partial charge >= 0.3 is 0 Å². The Hall–Kier alpha value is -1.56. The second-order valence-electron chi connectivity index (χ2n) is 6.27. The van der Waals surface area contributed by atoms with Crippen molar-refractivity contribution in [1.29, 1.82) is 0 Å². The molecule has 2 aromatic rings. The van der Waals surface area contributed by atoms with Crippen molar-refractivity contribution in [2.24, 2.45) is 0 Å². The highest BCUT2D eigenvalue weighted by molar-refractivity contribution is 7.89. The highest BCUT2D eigenvalue weighted by Crippen LogP contribution is 2.32. The Kier molecular flexibility index (Phi) is 5.58. The third kappa shape index (κ3) is 3.74. The molecule has 3 N–H and O–H groups in total. The van der Waals surface area contributed by atoms with E-state index in [0.717, 1.165) is 47.2 Å². The van der Waals surface area contributed by atoms with Gasteiger partial charge in [-0.25, -0.2) is 13.1 Å². The fourth-order valence-corrected chi connectivity index (χ4v) is 4.43.